The summed E-state index contributed by atoms with van der Waals surface area (Å²) < 4.78 is 18.0. The lowest BCUT2D eigenvalue weighted by Crippen LogP contribution is -2.41. The third-order valence-electron chi connectivity index (χ3n) is 21.4. The molecule has 3 aliphatic heterocycles. The van der Waals surface area contributed by atoms with Gasteiger partial charge in [-0.3, -0.25) is 34.9 Å². The number of anilines is 1. The van der Waals surface area contributed by atoms with Crippen molar-refractivity contribution in [3.63, 3.8) is 0 Å². The number of fused-ring (bicyclic) bond motifs is 7. The van der Waals surface area contributed by atoms with Crippen LogP contribution in [0.15, 0.2) is 283 Å². The fourth-order valence-corrected chi connectivity index (χ4v) is 15.2. The zero-order chi connectivity index (χ0) is 88.4. The Kier molecular flexibility index (Phi) is 28.3. The number of carbonyl (C=O) groups is 3. The fourth-order valence-electron chi connectivity index (χ4n) is 14.2. The molecule has 0 unspecified atom stereocenters. The minimum atomic E-state index is -0.965. The van der Waals surface area contributed by atoms with Gasteiger partial charge in [-0.1, -0.05) is 83.9 Å². The smallest absolute Gasteiger partial charge is 0.477 e. The van der Waals surface area contributed by atoms with Crippen LogP contribution in [0.2, 0.25) is 10.3 Å². The van der Waals surface area contributed by atoms with Gasteiger partial charge in [0.25, 0.3) is 0 Å². The molecule has 4 aliphatic rings. The van der Waals surface area contributed by atoms with Gasteiger partial charge in [0.05, 0.1) is 78.1 Å². The number of esters is 1. The number of ketones is 1. The van der Waals surface area contributed by atoms with Crippen molar-refractivity contribution >= 4 is 144 Å². The molecular formula is C97H88BCl2IN18O7. The maximum absolute atomic E-state index is 12.7. The Morgan fingerprint density at radius 1 is 0.532 bits per heavy atom. The normalized spacial score (nSPS) is 13.4. The zero-order valence-electron chi connectivity index (χ0n) is 69.4. The largest absolute Gasteiger partial charge is 0.494 e. The molecule has 0 atom stereocenters. The quantitative estimate of drug-likeness (QED) is 0.00875. The summed E-state index contributed by atoms with van der Waals surface area (Å²) in [5.74, 6) is -1.22. The summed E-state index contributed by atoms with van der Waals surface area (Å²) in [5.41, 5.74) is 46.4. The van der Waals surface area contributed by atoms with E-state index >= 15 is 0 Å². The minimum Gasteiger partial charge on any atom is -0.477 e. The number of pyridine rings is 4. The standard InChI is InChI=1S/C27H20N6O.C22H16N4O2.C17H21BO4.C14H11ClN2.C8H8N2.C5H3ClIN.C4H9N3/c34-27(12-19-6-8-29-30-15-19)26-14-21-13-20(2-4-23(21)32-26)25-11-18(5-7-28-25)9-17-1-3-24-22(10-17)16-31-33-24;27-22(28)21-11-16-10-15(2-4-18(16)25-21)20-9-14(5-6-23-20)7-13-1-3-19-17(8-13)12-24-26-19;1-16(2)17(3,4)22-18(21-16)14-7-6-11-8-13(15(19)20-5)9-12(11)10-14;15-14-7-11(3-4-17-14)5-10-1-2-12-8-16-9-13(12)6-10;9-8-2-1-6-4-10-5-7(6)3-8;6-5-3-4(7)1-2-8-5;5-2-1-4(7)3-6/h1-8,10-11,13-16,32H,9,12H2,(H,31,33);1-6,8-12,25H,7H2,(H,24,26)(H,27,28);6-7,9-10H,8H2,1-5H3;1-4,6-7,9H,5,8H2;1-3,5H,4,9H2;1-3H;1-3H,5-7H2/b;;;;;;2-1-,4-3+. The van der Waals surface area contributed by atoms with Gasteiger partial charge >= 0.3 is 19.1 Å². The number of nitrogens with two attached hydrogens (primary N) is 4. The van der Waals surface area contributed by atoms with Gasteiger partial charge in [0.1, 0.15) is 16.0 Å². The maximum atomic E-state index is 12.7. The van der Waals surface area contributed by atoms with Crippen LogP contribution in [-0.2, 0) is 64.0 Å². The molecule has 25 nitrogen and oxygen atoms in total. The summed E-state index contributed by atoms with van der Waals surface area (Å²) in [4.78, 5) is 66.9. The number of nitrogens with zero attached hydrogens (tertiary/aromatic N) is 10. The molecule has 1 saturated heterocycles. The average Bonchev–Trinajstić information content (AvgIpc) is 1.61. The lowest BCUT2D eigenvalue weighted by molar-refractivity contribution is -0.136. The van der Waals surface area contributed by atoms with E-state index in [0.717, 1.165) is 135 Å². The number of hydrogen-bond donors (Lipinski definition) is 9. The molecule has 632 valence electrons. The summed E-state index contributed by atoms with van der Waals surface area (Å²) >= 11 is 13.6. The van der Waals surface area contributed by atoms with Crippen LogP contribution in [0.4, 0.5) is 5.69 Å². The van der Waals surface area contributed by atoms with Crippen molar-refractivity contribution in [2.24, 2.45) is 27.2 Å². The first-order chi connectivity index (χ1) is 60.9. The molecule has 1 fully saturated rings. The average molecular weight is 1830 g/mol. The van der Waals surface area contributed by atoms with Crippen LogP contribution < -0.4 is 28.4 Å². The molecule has 13 N–H and O–H groups in total. The van der Waals surface area contributed by atoms with Crippen LogP contribution in [0.25, 0.3) is 72.2 Å². The third-order valence-corrected chi connectivity index (χ3v) is 22.5. The predicted molar refractivity (Wildman–Crippen MR) is 507 cm³/mol. The number of carbonyl (C=O) groups excluding carboxylic acids is 2. The lowest BCUT2D eigenvalue weighted by atomic mass is 9.78. The molecule has 29 heteroatoms. The van der Waals surface area contributed by atoms with Crippen LogP contribution >= 0.6 is 45.8 Å². The molecule has 0 amide bonds. The summed E-state index contributed by atoms with van der Waals surface area (Å²) in [7, 11) is 1.02. The number of carboxylic acid groups (broad SMARTS) is 1. The Labute approximate surface area is 750 Å². The van der Waals surface area contributed by atoms with E-state index in [1.54, 1.807) is 36.9 Å². The molecule has 9 aromatic heterocycles. The van der Waals surface area contributed by atoms with Crippen molar-refractivity contribution < 1.29 is 33.5 Å². The van der Waals surface area contributed by atoms with E-state index in [1.807, 2.05) is 186 Å². The van der Waals surface area contributed by atoms with E-state index in [1.165, 1.54) is 75.7 Å². The Balaban J connectivity index is 0.000000127. The molecule has 0 radical (unpaired) electrons. The molecule has 0 spiro atoms. The van der Waals surface area contributed by atoms with Crippen molar-refractivity contribution in [3.8, 4) is 22.5 Å². The Hall–Kier alpha value is -14.1. The highest BCUT2D eigenvalue weighted by molar-refractivity contribution is 14.1. The van der Waals surface area contributed by atoms with Gasteiger partial charge in [-0.05, 0) is 299 Å². The summed E-state index contributed by atoms with van der Waals surface area (Å²) in [6.45, 7) is 9.78. The number of methoxy groups -OCH3 is 1. The topological polar surface area (TPSA) is 394 Å². The predicted octanol–water partition coefficient (Wildman–Crippen LogP) is 17.4. The number of H-pyrrole nitrogens is 4. The third kappa shape index (κ3) is 22.8. The van der Waals surface area contributed by atoms with Gasteiger partial charge in [0.15, 0.2) is 5.78 Å². The summed E-state index contributed by atoms with van der Waals surface area (Å²) in [6, 6.07) is 64.2. The molecule has 7 aromatic carbocycles. The Morgan fingerprint density at radius 2 is 1.05 bits per heavy atom. The van der Waals surface area contributed by atoms with E-state index in [4.69, 9.17) is 65.3 Å². The van der Waals surface area contributed by atoms with Crippen molar-refractivity contribution in [2.75, 3.05) is 12.8 Å². The van der Waals surface area contributed by atoms with Gasteiger partial charge in [0, 0.05) is 127 Å². The lowest BCUT2D eigenvalue weighted by Gasteiger charge is -2.32. The van der Waals surface area contributed by atoms with E-state index in [9.17, 15) is 14.4 Å². The van der Waals surface area contributed by atoms with Gasteiger partial charge in [-0.15, -0.1) is 0 Å². The zero-order valence-corrected chi connectivity index (χ0v) is 73.1. The second kappa shape index (κ2) is 40.5. The number of allylic oxidation sites excluding steroid dienone is 1. The molecule has 12 heterocycles. The number of halogens is 3. The molecule has 0 bridgehead atoms. The first-order valence-electron chi connectivity index (χ1n) is 40.1. The van der Waals surface area contributed by atoms with Gasteiger partial charge in [0.2, 0.25) is 0 Å². The molecule has 16 aromatic rings. The fraction of sp³-hybridized carbons (Fsp3) is 0.144. The minimum absolute atomic E-state index is 0.0143. The van der Waals surface area contributed by atoms with Gasteiger partial charge in [-0.25, -0.2) is 19.6 Å². The van der Waals surface area contributed by atoms with Crippen LogP contribution in [0.1, 0.15) is 121 Å². The number of aliphatic imine (C=N–C) groups is 2. The molecular weight excluding hydrogens is 1740 g/mol. The highest BCUT2D eigenvalue weighted by Gasteiger charge is 2.52. The first-order valence-corrected chi connectivity index (χ1v) is 41.9. The second-order valence-electron chi connectivity index (χ2n) is 31.0. The number of aromatic amines is 4. The van der Waals surface area contributed by atoms with Crippen molar-refractivity contribution in [1.29, 1.82) is 0 Å². The number of ether oxygens (including phenoxy) is 1. The van der Waals surface area contributed by atoms with Crippen molar-refractivity contribution in [3.05, 3.63) is 371 Å². The van der Waals surface area contributed by atoms with E-state index in [-0.39, 0.29) is 42.2 Å². The summed E-state index contributed by atoms with van der Waals surface area (Å²) in [6.07, 6.45) is 27.2. The van der Waals surface area contributed by atoms with Crippen molar-refractivity contribution in [2.45, 2.75) is 84.1 Å². The number of benzene rings is 7. The number of rotatable bonds is 15. The van der Waals surface area contributed by atoms with Crippen LogP contribution in [0, 0.1) is 3.57 Å². The SMILES string of the molecule is COC(=O)C1=Cc2cc(B3OC(C)(C)C(C)(C)O3)ccc2C1.Clc1cc(Cc2ccc3c(c2)C=NC3)ccn1.Clc1cc(I)ccn1.N/C=C\C(N)=C/N.Nc1ccc2c(c1)C=NC2.O=C(Cc1ccnnc1)c1cc2cc(-c3cc(Cc4ccc5[nH]ncc5c4)ccn3)ccc2[nH]1.O=C(O)c1cc2cc(-c3cc(Cc4ccc5[nH]ncc5c4)ccn3)ccc2[nH]1. The van der Waals surface area contributed by atoms with E-state index in [2.05, 4.69) is 160 Å². The van der Waals surface area contributed by atoms with Crippen LogP contribution in [0.5, 0.6) is 0 Å². The highest BCUT2D eigenvalue weighted by Crippen LogP contribution is 2.38. The van der Waals surface area contributed by atoms with E-state index in [0.29, 0.717) is 33.7 Å². The van der Waals surface area contributed by atoms with Crippen LogP contribution in [0.3, 0.4) is 0 Å². The Morgan fingerprint density at radius 3 is 1.59 bits per heavy atom. The van der Waals surface area contributed by atoms with Gasteiger partial charge < -0.3 is 52.1 Å². The molecule has 0 saturated carbocycles. The molecule has 1 aliphatic carbocycles. The number of aromatic carboxylic acids is 1. The second-order valence-corrected chi connectivity index (χ2v) is 33.0. The monoisotopic (exact) mass is 1820 g/mol. The number of aromatic nitrogens is 12. The first kappa shape index (κ1) is 88.2. The number of hydrogen-bond acceptors (Lipinski definition) is 20. The number of nitrogens with one attached hydrogen (secondary N) is 4. The molecule has 20 rings (SSSR count). The maximum Gasteiger partial charge on any atom is 0.494 e. The van der Waals surface area contributed by atoms with Crippen molar-refractivity contribution in [1.82, 2.24) is 60.5 Å². The number of nitrogen functional groups attached to an aromatic ring is 1. The molecule has 126 heavy (non-hydrogen) atoms. The Bertz CT molecular complexity index is 6790. The summed E-state index contributed by atoms with van der Waals surface area (Å²) in [5, 5.41) is 36.0. The van der Waals surface area contributed by atoms with Gasteiger partial charge in [-0.2, -0.15) is 20.4 Å². The van der Waals surface area contributed by atoms with E-state index < -0.39 is 5.97 Å². The van der Waals surface area contributed by atoms with Crippen LogP contribution in [-0.4, -0.2) is 121 Å². The highest BCUT2D eigenvalue weighted by atomic mass is 127. The number of Topliss-reactive ketones (excluding diaryl/α,β-unsaturated/α-hetero) is 1. The number of carboxylic acids is 1.